The van der Waals surface area contributed by atoms with Crippen molar-refractivity contribution in [1.29, 1.82) is 0 Å². The van der Waals surface area contributed by atoms with Gasteiger partial charge >= 0.3 is 0 Å². The van der Waals surface area contributed by atoms with E-state index in [-0.39, 0.29) is 4.90 Å². The Kier molecular flexibility index (Phi) is 6.01. The van der Waals surface area contributed by atoms with Crippen molar-refractivity contribution >= 4 is 38.9 Å². The second-order valence-corrected chi connectivity index (χ2v) is 9.01. The number of ether oxygens (including phenoxy) is 2. The van der Waals surface area contributed by atoms with Crippen LogP contribution in [0.1, 0.15) is 0 Å². The van der Waals surface area contributed by atoms with Crippen LogP contribution in [0, 0.1) is 0 Å². The Morgan fingerprint density at radius 3 is 2.32 bits per heavy atom. The highest BCUT2D eigenvalue weighted by Crippen LogP contribution is 2.32. The zero-order valence-electron chi connectivity index (χ0n) is 16.3. The first kappa shape index (κ1) is 21.0. The van der Waals surface area contributed by atoms with Crippen molar-refractivity contribution in [3.63, 3.8) is 0 Å². The van der Waals surface area contributed by atoms with Gasteiger partial charge in [0.2, 0.25) is 5.91 Å². The normalized spacial score (nSPS) is 12.8. The van der Waals surface area contributed by atoms with Crippen LogP contribution in [0.25, 0.3) is 0 Å². The topological polar surface area (TPSA) is 84.9 Å². The second-order valence-electron chi connectivity index (χ2n) is 6.71. The van der Waals surface area contributed by atoms with Gasteiger partial charge in [0, 0.05) is 16.8 Å². The predicted molar refractivity (Wildman–Crippen MR) is 118 cm³/mol. The van der Waals surface area contributed by atoms with Gasteiger partial charge in [-0.1, -0.05) is 29.8 Å². The van der Waals surface area contributed by atoms with Crippen LogP contribution in [-0.2, 0) is 14.8 Å². The highest BCUT2D eigenvalue weighted by Gasteiger charge is 2.27. The smallest absolute Gasteiger partial charge is 0.264 e. The Labute approximate surface area is 185 Å². The lowest BCUT2D eigenvalue weighted by Gasteiger charge is -2.24. The van der Waals surface area contributed by atoms with Gasteiger partial charge in [0.25, 0.3) is 10.0 Å². The molecule has 0 unspecified atom stereocenters. The van der Waals surface area contributed by atoms with Crippen LogP contribution in [0.2, 0.25) is 5.02 Å². The van der Waals surface area contributed by atoms with Crippen molar-refractivity contribution in [2.24, 2.45) is 0 Å². The summed E-state index contributed by atoms with van der Waals surface area (Å²) in [6, 6.07) is 19.2. The summed E-state index contributed by atoms with van der Waals surface area (Å²) in [7, 11) is -3.98. The molecule has 0 aromatic heterocycles. The standard InChI is InChI=1S/C22H19ClN2O5S/c23-16-6-9-18(10-7-16)25(31(27,28)19-4-2-1-3-5-19)15-22(26)24-17-8-11-20-21(14-17)30-13-12-29-20/h1-11,14H,12-13,15H2,(H,24,26). The molecule has 3 aromatic rings. The molecule has 0 saturated carbocycles. The first-order valence-corrected chi connectivity index (χ1v) is 11.3. The van der Waals surface area contributed by atoms with Crippen LogP contribution in [0.4, 0.5) is 11.4 Å². The summed E-state index contributed by atoms with van der Waals surface area (Å²) in [6.45, 7) is 0.462. The van der Waals surface area contributed by atoms with E-state index in [9.17, 15) is 13.2 Å². The number of amides is 1. The molecule has 160 valence electrons. The molecule has 1 heterocycles. The van der Waals surface area contributed by atoms with Crippen LogP contribution in [-0.4, -0.2) is 34.1 Å². The fraction of sp³-hybridized carbons (Fsp3) is 0.136. The van der Waals surface area contributed by atoms with E-state index in [1.165, 1.54) is 12.1 Å². The summed E-state index contributed by atoms with van der Waals surface area (Å²) < 4.78 is 38.6. The molecule has 0 saturated heterocycles. The molecule has 7 nitrogen and oxygen atoms in total. The number of nitrogens with one attached hydrogen (secondary N) is 1. The molecule has 0 bridgehead atoms. The van der Waals surface area contributed by atoms with Gasteiger partial charge in [-0.3, -0.25) is 9.10 Å². The zero-order valence-corrected chi connectivity index (χ0v) is 17.9. The van der Waals surface area contributed by atoms with Gasteiger partial charge in [-0.05, 0) is 48.5 Å². The lowest BCUT2D eigenvalue weighted by Crippen LogP contribution is -2.38. The zero-order chi connectivity index (χ0) is 21.8. The Balaban J connectivity index is 1.60. The van der Waals surface area contributed by atoms with Gasteiger partial charge in [-0.25, -0.2) is 8.42 Å². The molecule has 0 aliphatic carbocycles. The lowest BCUT2D eigenvalue weighted by molar-refractivity contribution is -0.114. The third kappa shape index (κ3) is 4.76. The third-order valence-corrected chi connectivity index (χ3v) is 6.60. The van der Waals surface area contributed by atoms with E-state index in [0.717, 1.165) is 4.31 Å². The molecule has 0 spiro atoms. The largest absolute Gasteiger partial charge is 0.486 e. The monoisotopic (exact) mass is 458 g/mol. The molecule has 4 rings (SSSR count). The van der Waals surface area contributed by atoms with E-state index in [2.05, 4.69) is 5.32 Å². The van der Waals surface area contributed by atoms with Crippen molar-refractivity contribution in [2.75, 3.05) is 29.4 Å². The number of hydrogen-bond acceptors (Lipinski definition) is 5. The van der Waals surface area contributed by atoms with Crippen molar-refractivity contribution in [3.05, 3.63) is 77.8 Å². The van der Waals surface area contributed by atoms with Crippen LogP contribution >= 0.6 is 11.6 Å². The molecular weight excluding hydrogens is 440 g/mol. The summed E-state index contributed by atoms with van der Waals surface area (Å²) in [6.07, 6.45) is 0. The minimum absolute atomic E-state index is 0.0806. The number of nitrogens with zero attached hydrogens (tertiary/aromatic N) is 1. The summed E-state index contributed by atoms with van der Waals surface area (Å²) in [4.78, 5) is 12.9. The Morgan fingerprint density at radius 1 is 0.935 bits per heavy atom. The third-order valence-electron chi connectivity index (χ3n) is 4.56. The van der Waals surface area contributed by atoms with E-state index < -0.39 is 22.5 Å². The van der Waals surface area contributed by atoms with Crippen molar-refractivity contribution in [3.8, 4) is 11.5 Å². The molecule has 1 aliphatic heterocycles. The number of fused-ring (bicyclic) bond motifs is 1. The highest BCUT2D eigenvalue weighted by molar-refractivity contribution is 7.92. The number of halogens is 1. The first-order valence-electron chi connectivity index (χ1n) is 9.46. The van der Waals surface area contributed by atoms with Gasteiger partial charge in [-0.2, -0.15) is 0 Å². The quantitative estimate of drug-likeness (QED) is 0.604. The summed E-state index contributed by atoms with van der Waals surface area (Å²) >= 11 is 5.95. The Hall–Kier alpha value is -3.23. The van der Waals surface area contributed by atoms with Crippen molar-refractivity contribution in [2.45, 2.75) is 4.90 Å². The van der Waals surface area contributed by atoms with Crippen LogP contribution in [0.5, 0.6) is 11.5 Å². The summed E-state index contributed by atoms with van der Waals surface area (Å²) in [5, 5.41) is 3.18. The van der Waals surface area contributed by atoms with Crippen molar-refractivity contribution in [1.82, 2.24) is 0 Å². The lowest BCUT2D eigenvalue weighted by atomic mass is 10.2. The molecule has 1 aliphatic rings. The van der Waals surface area contributed by atoms with Crippen LogP contribution < -0.4 is 19.1 Å². The van der Waals surface area contributed by atoms with Gasteiger partial charge in [-0.15, -0.1) is 0 Å². The van der Waals surface area contributed by atoms with Crippen LogP contribution in [0.15, 0.2) is 77.7 Å². The van der Waals surface area contributed by atoms with Crippen molar-refractivity contribution < 1.29 is 22.7 Å². The van der Waals surface area contributed by atoms with Gasteiger partial charge < -0.3 is 14.8 Å². The van der Waals surface area contributed by atoms with E-state index in [1.807, 2.05) is 0 Å². The second kappa shape index (κ2) is 8.87. The SMILES string of the molecule is O=C(CN(c1ccc(Cl)cc1)S(=O)(=O)c1ccccc1)Nc1ccc2c(c1)OCCO2. The average Bonchev–Trinajstić information content (AvgIpc) is 2.78. The maximum atomic E-state index is 13.3. The minimum atomic E-state index is -3.98. The molecule has 1 amide bonds. The van der Waals surface area contributed by atoms with Gasteiger partial charge in [0.1, 0.15) is 19.8 Å². The number of carbonyl (C=O) groups is 1. The predicted octanol–water partition coefficient (Wildman–Crippen LogP) is 3.95. The molecule has 9 heteroatoms. The average molecular weight is 459 g/mol. The summed E-state index contributed by atoms with van der Waals surface area (Å²) in [5.41, 5.74) is 0.799. The molecule has 1 N–H and O–H groups in total. The van der Waals surface area contributed by atoms with E-state index in [4.69, 9.17) is 21.1 Å². The van der Waals surface area contributed by atoms with E-state index >= 15 is 0 Å². The number of benzene rings is 3. The Bertz CT molecular complexity index is 1180. The number of carbonyl (C=O) groups excluding carboxylic acids is 1. The van der Waals surface area contributed by atoms with Crippen LogP contribution in [0.3, 0.4) is 0 Å². The van der Waals surface area contributed by atoms with E-state index in [0.29, 0.717) is 41.1 Å². The maximum Gasteiger partial charge on any atom is 0.264 e. The molecule has 0 atom stereocenters. The van der Waals surface area contributed by atoms with Gasteiger partial charge in [0.15, 0.2) is 11.5 Å². The molecule has 31 heavy (non-hydrogen) atoms. The number of hydrogen-bond donors (Lipinski definition) is 1. The van der Waals surface area contributed by atoms with E-state index in [1.54, 1.807) is 60.7 Å². The number of sulfonamides is 1. The molecule has 0 radical (unpaired) electrons. The Morgan fingerprint density at radius 2 is 1.61 bits per heavy atom. The molecular formula is C22H19ClN2O5S. The molecule has 3 aromatic carbocycles. The summed E-state index contributed by atoms with van der Waals surface area (Å²) in [5.74, 6) is 0.611. The number of anilines is 2. The first-order chi connectivity index (χ1) is 14.9. The fourth-order valence-electron chi connectivity index (χ4n) is 3.09. The number of rotatable bonds is 6. The minimum Gasteiger partial charge on any atom is -0.486 e. The highest BCUT2D eigenvalue weighted by atomic mass is 35.5. The fourth-order valence-corrected chi connectivity index (χ4v) is 4.66. The maximum absolute atomic E-state index is 13.3. The molecule has 0 fully saturated rings. The van der Waals surface area contributed by atoms with Gasteiger partial charge in [0.05, 0.1) is 10.6 Å².